The van der Waals surface area contributed by atoms with E-state index in [1.54, 1.807) is 28.4 Å². The van der Waals surface area contributed by atoms with Gasteiger partial charge in [-0.05, 0) is 54.2 Å². The van der Waals surface area contributed by atoms with E-state index in [0.717, 1.165) is 62.9 Å². The number of piperazine rings is 1. The number of hydrogen-bond acceptors (Lipinski definition) is 11. The Morgan fingerprint density at radius 2 is 1.64 bits per heavy atom. The number of likely N-dealkylation sites (tertiary alicyclic amines) is 1. The van der Waals surface area contributed by atoms with Crippen molar-refractivity contribution in [3.8, 4) is 32.8 Å². The van der Waals surface area contributed by atoms with Crippen LogP contribution in [0.25, 0.3) is 32.8 Å². The fourth-order valence-electron chi connectivity index (χ4n) is 7.67. The van der Waals surface area contributed by atoms with Crippen LogP contribution in [0.5, 0.6) is 0 Å². The van der Waals surface area contributed by atoms with E-state index in [-0.39, 0.29) is 43.3 Å². The van der Waals surface area contributed by atoms with Crippen molar-refractivity contribution >= 4 is 34.7 Å². The smallest absolute Gasteiger partial charge is 0.246 e. The minimum Gasteiger partial charge on any atom is -0.391 e. The number of aromatic nitrogens is 5. The van der Waals surface area contributed by atoms with E-state index in [4.69, 9.17) is 0 Å². The number of β-amino-alcohol motifs (C(OH)–C–C–N with tert-alkyl or cyclic N) is 1. The SMILES string of the molecule is Cc1ncsc1-c1ccc([C@H](C)NC(=O)[C@@H]2C[C@@H](O)CN2C(=O)C(NC(=O)CN2CCN(c3ccc(-c4cnnc(-c5cnn(C)c5)c4)cc3)CC2)C(C)(C)C)cc1. The van der Waals surface area contributed by atoms with Crippen LogP contribution in [0.4, 0.5) is 5.69 Å². The molecule has 0 aliphatic carbocycles. The fraction of sp³-hybridized carbons (Fsp3) is 0.419. The van der Waals surface area contributed by atoms with Gasteiger partial charge in [0.2, 0.25) is 17.7 Å². The molecule has 2 aliphatic heterocycles. The first-order valence-corrected chi connectivity index (χ1v) is 20.6. The van der Waals surface area contributed by atoms with E-state index in [1.165, 1.54) is 4.90 Å². The Morgan fingerprint density at radius 1 is 0.931 bits per heavy atom. The first-order chi connectivity index (χ1) is 27.7. The highest BCUT2D eigenvalue weighted by atomic mass is 32.1. The topological polar surface area (TPSA) is 162 Å². The molecule has 5 aromatic rings. The minimum atomic E-state index is -0.892. The number of aliphatic hydroxyl groups excluding tert-OH is 1. The summed E-state index contributed by atoms with van der Waals surface area (Å²) < 4.78 is 1.74. The van der Waals surface area contributed by atoms with E-state index in [0.29, 0.717) is 13.1 Å². The molecular formula is C43H52N10O4S. The van der Waals surface area contributed by atoms with Crippen molar-refractivity contribution in [3.63, 3.8) is 0 Å². The molecule has 7 rings (SSSR count). The standard InChI is InChI=1S/C43H52N10O4S/c1-27(29-7-9-31(10-8-29)39-28(2)44-26-58-39)47-41(56)37-20-35(54)24-53(37)42(57)40(43(3,4)5)48-38(55)25-51-15-17-52(18-16-51)34-13-11-30(12-14-34)32-19-36(49-45-21-32)33-22-46-50(6)23-33/h7-14,19,21-23,26-27,35,37,40,54H,15-18,20,24-25H2,1-6H3,(H,47,56)(H,48,55)/t27-,35+,37-,40?/m0/s1. The molecule has 5 heterocycles. The molecule has 2 aromatic carbocycles. The van der Waals surface area contributed by atoms with Gasteiger partial charge in [-0.3, -0.25) is 24.0 Å². The van der Waals surface area contributed by atoms with Crippen LogP contribution in [-0.4, -0.2) is 115 Å². The van der Waals surface area contributed by atoms with E-state index in [1.807, 2.05) is 83.7 Å². The molecule has 2 fully saturated rings. The Bertz CT molecular complexity index is 2220. The number of anilines is 1. The average molecular weight is 805 g/mol. The van der Waals surface area contributed by atoms with Gasteiger partial charge in [-0.15, -0.1) is 11.3 Å². The van der Waals surface area contributed by atoms with Crippen LogP contribution in [0.2, 0.25) is 0 Å². The number of amides is 3. The van der Waals surface area contributed by atoms with Gasteiger partial charge in [-0.1, -0.05) is 57.2 Å². The molecule has 304 valence electrons. The second kappa shape index (κ2) is 17.1. The largest absolute Gasteiger partial charge is 0.391 e. The van der Waals surface area contributed by atoms with Gasteiger partial charge in [-0.2, -0.15) is 15.3 Å². The Morgan fingerprint density at radius 3 is 2.28 bits per heavy atom. The number of hydrogen-bond donors (Lipinski definition) is 3. The molecule has 14 nitrogen and oxygen atoms in total. The molecule has 3 aromatic heterocycles. The minimum absolute atomic E-state index is 0.0193. The van der Waals surface area contributed by atoms with Gasteiger partial charge >= 0.3 is 0 Å². The van der Waals surface area contributed by atoms with E-state index in [9.17, 15) is 19.5 Å². The third kappa shape index (κ3) is 9.27. The van der Waals surface area contributed by atoms with Gasteiger partial charge < -0.3 is 25.5 Å². The van der Waals surface area contributed by atoms with Crippen molar-refractivity contribution in [1.82, 2.24) is 45.4 Å². The number of carbonyl (C=O) groups excluding carboxylic acids is 3. The van der Waals surface area contributed by atoms with Crippen LogP contribution < -0.4 is 15.5 Å². The molecule has 0 spiro atoms. The first kappa shape index (κ1) is 40.7. The number of aryl methyl sites for hydroxylation is 2. The quantitative estimate of drug-likeness (QED) is 0.174. The van der Waals surface area contributed by atoms with E-state index < -0.39 is 23.6 Å². The lowest BCUT2D eigenvalue weighted by atomic mass is 9.85. The normalized spacial score (nSPS) is 18.5. The van der Waals surface area contributed by atoms with E-state index in [2.05, 4.69) is 65.0 Å². The molecule has 0 radical (unpaired) electrons. The van der Waals surface area contributed by atoms with Crippen LogP contribution in [0.1, 0.15) is 51.4 Å². The molecule has 15 heteroatoms. The van der Waals surface area contributed by atoms with Crippen molar-refractivity contribution in [3.05, 3.63) is 90.0 Å². The summed E-state index contributed by atoms with van der Waals surface area (Å²) in [4.78, 5) is 52.7. The summed E-state index contributed by atoms with van der Waals surface area (Å²) in [5.74, 6) is -0.969. The van der Waals surface area contributed by atoms with Crippen molar-refractivity contribution < 1.29 is 19.5 Å². The third-order valence-corrected chi connectivity index (χ3v) is 12.0. The van der Waals surface area contributed by atoms with E-state index >= 15 is 0 Å². The fourth-order valence-corrected chi connectivity index (χ4v) is 8.48. The monoisotopic (exact) mass is 804 g/mol. The molecule has 58 heavy (non-hydrogen) atoms. The summed E-state index contributed by atoms with van der Waals surface area (Å²) >= 11 is 1.59. The predicted octanol–water partition coefficient (Wildman–Crippen LogP) is 4.47. The molecule has 2 saturated heterocycles. The molecule has 4 atom stereocenters. The third-order valence-electron chi connectivity index (χ3n) is 11.0. The maximum atomic E-state index is 14.2. The lowest BCUT2D eigenvalue weighted by Gasteiger charge is -2.37. The predicted molar refractivity (Wildman–Crippen MR) is 225 cm³/mol. The summed E-state index contributed by atoms with van der Waals surface area (Å²) in [6.45, 7) is 12.6. The number of nitrogens with one attached hydrogen (secondary N) is 2. The summed E-state index contributed by atoms with van der Waals surface area (Å²) in [5, 5.41) is 29.5. The molecular weight excluding hydrogens is 753 g/mol. The highest BCUT2D eigenvalue weighted by Gasteiger charge is 2.45. The molecule has 1 unspecified atom stereocenters. The van der Waals surface area contributed by atoms with Gasteiger partial charge in [0, 0.05) is 69.2 Å². The van der Waals surface area contributed by atoms with Gasteiger partial charge in [0.25, 0.3) is 0 Å². The van der Waals surface area contributed by atoms with Crippen LogP contribution in [0.15, 0.2) is 78.7 Å². The molecule has 3 amide bonds. The summed E-state index contributed by atoms with van der Waals surface area (Å²) in [7, 11) is 1.87. The van der Waals surface area contributed by atoms with Gasteiger partial charge in [0.1, 0.15) is 12.1 Å². The number of aliphatic hydroxyl groups is 1. The van der Waals surface area contributed by atoms with Gasteiger partial charge in [-0.25, -0.2) is 4.98 Å². The Hall–Kier alpha value is -5.51. The lowest BCUT2D eigenvalue weighted by Crippen LogP contribution is -2.59. The number of nitrogens with zero attached hydrogens (tertiary/aromatic N) is 8. The van der Waals surface area contributed by atoms with Crippen molar-refractivity contribution in [2.24, 2.45) is 12.5 Å². The molecule has 3 N–H and O–H groups in total. The highest BCUT2D eigenvalue weighted by molar-refractivity contribution is 7.13. The molecule has 0 saturated carbocycles. The van der Waals surface area contributed by atoms with Gasteiger partial charge in [0.05, 0.1) is 52.9 Å². The zero-order chi connectivity index (χ0) is 41.1. The van der Waals surface area contributed by atoms with Crippen LogP contribution in [0, 0.1) is 12.3 Å². The van der Waals surface area contributed by atoms with Crippen molar-refractivity contribution in [2.75, 3.05) is 44.2 Å². The van der Waals surface area contributed by atoms with Crippen molar-refractivity contribution in [1.29, 1.82) is 0 Å². The Labute approximate surface area is 343 Å². The second-order valence-electron chi connectivity index (χ2n) is 16.4. The Balaban J connectivity index is 0.922. The number of rotatable bonds is 11. The summed E-state index contributed by atoms with van der Waals surface area (Å²) in [6, 6.07) is 16.3. The maximum Gasteiger partial charge on any atom is 0.246 e. The average Bonchev–Trinajstić information content (AvgIpc) is 3.96. The number of thiazole rings is 1. The second-order valence-corrected chi connectivity index (χ2v) is 17.3. The molecule has 2 aliphatic rings. The van der Waals surface area contributed by atoms with Crippen molar-refractivity contribution in [2.45, 2.75) is 65.3 Å². The number of carbonyl (C=O) groups is 3. The van der Waals surface area contributed by atoms with Gasteiger partial charge in [0.15, 0.2) is 0 Å². The zero-order valence-corrected chi connectivity index (χ0v) is 34.7. The van der Waals surface area contributed by atoms with Crippen LogP contribution in [-0.2, 0) is 21.4 Å². The summed E-state index contributed by atoms with van der Waals surface area (Å²) in [5.41, 5.74) is 8.92. The summed E-state index contributed by atoms with van der Waals surface area (Å²) in [6.07, 6.45) is 4.72. The first-order valence-electron chi connectivity index (χ1n) is 19.7. The maximum absolute atomic E-state index is 14.2. The lowest BCUT2D eigenvalue weighted by molar-refractivity contribution is -0.144. The zero-order valence-electron chi connectivity index (χ0n) is 33.9. The number of benzene rings is 2. The van der Waals surface area contributed by atoms with Crippen LogP contribution >= 0.6 is 11.3 Å². The van der Waals surface area contributed by atoms with Crippen LogP contribution in [0.3, 0.4) is 0 Å². The highest BCUT2D eigenvalue weighted by Crippen LogP contribution is 2.30. The molecule has 0 bridgehead atoms. The Kier molecular flexibility index (Phi) is 12.0.